The van der Waals surface area contributed by atoms with Crippen LogP contribution in [0.3, 0.4) is 0 Å². The third-order valence-corrected chi connectivity index (χ3v) is 1.91. The third kappa shape index (κ3) is 6.03. The maximum absolute atomic E-state index is 11.2. The zero-order chi connectivity index (χ0) is 12.5. The van der Waals surface area contributed by atoms with E-state index in [2.05, 4.69) is 10.6 Å². The average Bonchev–Trinajstić information content (AvgIpc) is 2.33. The van der Waals surface area contributed by atoms with Crippen molar-refractivity contribution in [2.24, 2.45) is 5.73 Å². The van der Waals surface area contributed by atoms with Gasteiger partial charge >= 0.3 is 12.1 Å². The summed E-state index contributed by atoms with van der Waals surface area (Å²) in [6, 6.07) is 8.73. The Morgan fingerprint density at radius 1 is 1.12 bits per heavy atom. The number of rotatable bonds is 5. The second kappa shape index (κ2) is 7.10. The molecule has 1 rings (SSSR count). The van der Waals surface area contributed by atoms with Gasteiger partial charge in [0.1, 0.15) is 6.61 Å². The molecule has 0 atom stereocenters. The number of amides is 3. The van der Waals surface area contributed by atoms with E-state index >= 15 is 0 Å². The minimum Gasteiger partial charge on any atom is -0.445 e. The fraction of sp³-hybridized carbons (Fsp3) is 0.273. The molecule has 17 heavy (non-hydrogen) atoms. The van der Waals surface area contributed by atoms with Gasteiger partial charge in [0, 0.05) is 13.1 Å². The second-order valence-corrected chi connectivity index (χ2v) is 3.28. The fourth-order valence-electron chi connectivity index (χ4n) is 1.12. The minimum absolute atomic E-state index is 0.218. The maximum Gasteiger partial charge on any atom is 0.407 e. The van der Waals surface area contributed by atoms with Gasteiger partial charge in [-0.25, -0.2) is 9.59 Å². The van der Waals surface area contributed by atoms with Gasteiger partial charge in [-0.2, -0.15) is 0 Å². The summed E-state index contributed by atoms with van der Waals surface area (Å²) in [6.07, 6.45) is -0.528. The zero-order valence-corrected chi connectivity index (χ0v) is 9.31. The number of alkyl carbamates (subject to hydrolysis) is 1. The van der Waals surface area contributed by atoms with Crippen molar-refractivity contribution >= 4 is 12.1 Å². The lowest BCUT2D eigenvalue weighted by Crippen LogP contribution is -2.37. The summed E-state index contributed by atoms with van der Waals surface area (Å²) in [5.74, 6) is 0. The number of carbonyl (C=O) groups excluding carboxylic acids is 2. The molecule has 92 valence electrons. The number of primary amides is 1. The molecule has 6 heteroatoms. The van der Waals surface area contributed by atoms with Gasteiger partial charge in [-0.05, 0) is 5.56 Å². The number of hydrogen-bond acceptors (Lipinski definition) is 3. The second-order valence-electron chi connectivity index (χ2n) is 3.28. The van der Waals surface area contributed by atoms with Crippen LogP contribution >= 0.6 is 0 Å². The van der Waals surface area contributed by atoms with Crippen molar-refractivity contribution in [3.05, 3.63) is 35.9 Å². The number of ether oxygens (including phenoxy) is 1. The van der Waals surface area contributed by atoms with Crippen molar-refractivity contribution in [1.82, 2.24) is 10.6 Å². The van der Waals surface area contributed by atoms with E-state index in [1.807, 2.05) is 30.3 Å². The topological polar surface area (TPSA) is 93.5 Å². The minimum atomic E-state index is -0.621. The molecule has 6 nitrogen and oxygen atoms in total. The van der Waals surface area contributed by atoms with Crippen molar-refractivity contribution < 1.29 is 14.3 Å². The summed E-state index contributed by atoms with van der Waals surface area (Å²) in [4.78, 5) is 21.5. The first-order valence-corrected chi connectivity index (χ1v) is 5.16. The number of nitrogens with one attached hydrogen (secondary N) is 2. The van der Waals surface area contributed by atoms with Crippen LogP contribution in [-0.4, -0.2) is 25.2 Å². The molecule has 0 aliphatic carbocycles. The van der Waals surface area contributed by atoms with Crippen LogP contribution in [0.15, 0.2) is 30.3 Å². The highest BCUT2D eigenvalue weighted by Crippen LogP contribution is 2.00. The SMILES string of the molecule is NC(=O)NCCNC(=O)OCc1ccccc1. The summed E-state index contributed by atoms with van der Waals surface area (Å²) in [6.45, 7) is 0.766. The molecular weight excluding hydrogens is 222 g/mol. The first kappa shape index (κ1) is 12.8. The summed E-state index contributed by atoms with van der Waals surface area (Å²) < 4.78 is 4.94. The van der Waals surface area contributed by atoms with Crippen molar-refractivity contribution in [3.63, 3.8) is 0 Å². The van der Waals surface area contributed by atoms with E-state index in [-0.39, 0.29) is 19.7 Å². The zero-order valence-electron chi connectivity index (χ0n) is 9.31. The van der Waals surface area contributed by atoms with E-state index < -0.39 is 12.1 Å². The molecular formula is C11H15N3O3. The normalized spacial score (nSPS) is 9.41. The van der Waals surface area contributed by atoms with Crippen LogP contribution < -0.4 is 16.4 Å². The lowest BCUT2D eigenvalue weighted by atomic mass is 10.2. The highest BCUT2D eigenvalue weighted by Gasteiger charge is 2.01. The lowest BCUT2D eigenvalue weighted by Gasteiger charge is -2.07. The molecule has 0 fully saturated rings. The van der Waals surface area contributed by atoms with Crippen LogP contribution in [0.5, 0.6) is 0 Å². The van der Waals surface area contributed by atoms with Crippen LogP contribution in [0.25, 0.3) is 0 Å². The standard InChI is InChI=1S/C11H15N3O3/c12-10(15)13-6-7-14-11(16)17-8-9-4-2-1-3-5-9/h1-5H,6-8H2,(H,14,16)(H3,12,13,15). The van der Waals surface area contributed by atoms with Gasteiger partial charge in [0.25, 0.3) is 0 Å². The summed E-state index contributed by atoms with van der Waals surface area (Å²) in [5.41, 5.74) is 5.76. The molecule has 0 unspecified atom stereocenters. The Hall–Kier alpha value is -2.24. The first-order chi connectivity index (χ1) is 8.18. The van der Waals surface area contributed by atoms with Crippen molar-refractivity contribution in [2.75, 3.05) is 13.1 Å². The van der Waals surface area contributed by atoms with Crippen LogP contribution in [0.1, 0.15) is 5.56 Å². The van der Waals surface area contributed by atoms with Crippen LogP contribution in [0.4, 0.5) is 9.59 Å². The molecule has 0 aliphatic rings. The van der Waals surface area contributed by atoms with Crippen LogP contribution in [0.2, 0.25) is 0 Å². The Morgan fingerprint density at radius 3 is 2.41 bits per heavy atom. The van der Waals surface area contributed by atoms with E-state index in [0.29, 0.717) is 0 Å². The fourth-order valence-corrected chi connectivity index (χ4v) is 1.12. The quantitative estimate of drug-likeness (QED) is 0.654. The first-order valence-electron chi connectivity index (χ1n) is 5.16. The van der Waals surface area contributed by atoms with Crippen LogP contribution in [-0.2, 0) is 11.3 Å². The molecule has 1 aromatic carbocycles. The molecule has 0 saturated carbocycles. The van der Waals surface area contributed by atoms with Gasteiger partial charge in [-0.1, -0.05) is 30.3 Å². The Bertz CT molecular complexity index is 367. The van der Waals surface area contributed by atoms with Gasteiger partial charge in [-0.3, -0.25) is 0 Å². The Balaban J connectivity index is 2.11. The number of urea groups is 1. The average molecular weight is 237 g/mol. The van der Waals surface area contributed by atoms with Crippen molar-refractivity contribution in [1.29, 1.82) is 0 Å². The summed E-state index contributed by atoms with van der Waals surface area (Å²) >= 11 is 0. The monoisotopic (exact) mass is 237 g/mol. The van der Waals surface area contributed by atoms with E-state index in [1.165, 1.54) is 0 Å². The van der Waals surface area contributed by atoms with Gasteiger partial charge < -0.3 is 21.1 Å². The predicted octanol–water partition coefficient (Wildman–Crippen LogP) is 0.581. The van der Waals surface area contributed by atoms with E-state index in [0.717, 1.165) is 5.56 Å². The number of carbonyl (C=O) groups is 2. The van der Waals surface area contributed by atoms with E-state index in [4.69, 9.17) is 10.5 Å². The molecule has 4 N–H and O–H groups in total. The number of hydrogen-bond donors (Lipinski definition) is 3. The summed E-state index contributed by atoms with van der Waals surface area (Å²) in [7, 11) is 0. The smallest absolute Gasteiger partial charge is 0.407 e. The predicted molar refractivity (Wildman–Crippen MR) is 62.2 cm³/mol. The number of benzene rings is 1. The Kier molecular flexibility index (Phi) is 5.36. The van der Waals surface area contributed by atoms with Crippen LogP contribution in [0, 0.1) is 0 Å². The highest BCUT2D eigenvalue weighted by molar-refractivity contribution is 5.71. The molecule has 0 spiro atoms. The van der Waals surface area contributed by atoms with E-state index in [9.17, 15) is 9.59 Å². The lowest BCUT2D eigenvalue weighted by molar-refractivity contribution is 0.139. The molecule has 0 heterocycles. The third-order valence-electron chi connectivity index (χ3n) is 1.91. The molecule has 0 bridgehead atoms. The van der Waals surface area contributed by atoms with E-state index in [1.54, 1.807) is 0 Å². The Morgan fingerprint density at radius 2 is 1.76 bits per heavy atom. The largest absolute Gasteiger partial charge is 0.445 e. The molecule has 3 amide bonds. The molecule has 0 radical (unpaired) electrons. The molecule has 1 aromatic rings. The number of nitrogens with two attached hydrogens (primary N) is 1. The Labute approximate surface area is 99.1 Å². The molecule has 0 aliphatic heterocycles. The highest BCUT2D eigenvalue weighted by atomic mass is 16.5. The summed E-state index contributed by atoms with van der Waals surface area (Å²) in [5, 5.41) is 4.82. The molecule has 0 saturated heterocycles. The van der Waals surface area contributed by atoms with Crippen molar-refractivity contribution in [2.45, 2.75) is 6.61 Å². The van der Waals surface area contributed by atoms with Gasteiger partial charge in [0.05, 0.1) is 0 Å². The van der Waals surface area contributed by atoms with Gasteiger partial charge in [0.2, 0.25) is 0 Å². The van der Waals surface area contributed by atoms with Gasteiger partial charge in [0.15, 0.2) is 0 Å². The maximum atomic E-state index is 11.2. The van der Waals surface area contributed by atoms with Gasteiger partial charge in [-0.15, -0.1) is 0 Å². The van der Waals surface area contributed by atoms with Crippen molar-refractivity contribution in [3.8, 4) is 0 Å². The molecule has 0 aromatic heterocycles.